The topological polar surface area (TPSA) is 83.3 Å². The number of aromatic nitrogens is 3. The van der Waals surface area contributed by atoms with Crippen LogP contribution in [-0.2, 0) is 11.3 Å². The summed E-state index contributed by atoms with van der Waals surface area (Å²) in [6.07, 6.45) is 3.97. The van der Waals surface area contributed by atoms with Crippen LogP contribution in [-0.4, -0.2) is 62.7 Å². The van der Waals surface area contributed by atoms with Crippen molar-refractivity contribution in [3.63, 3.8) is 0 Å². The fourth-order valence-electron chi connectivity index (χ4n) is 2.40. The molecule has 1 aliphatic rings. The third-order valence-corrected chi connectivity index (χ3v) is 3.41. The summed E-state index contributed by atoms with van der Waals surface area (Å²) in [6.45, 7) is 6.78. The summed E-state index contributed by atoms with van der Waals surface area (Å²) in [5.41, 5.74) is -0.827. The van der Waals surface area contributed by atoms with Gasteiger partial charge in [-0.15, -0.1) is 5.10 Å². The van der Waals surface area contributed by atoms with Crippen LogP contribution in [0.25, 0.3) is 0 Å². The Morgan fingerprint density at radius 2 is 2.35 bits per heavy atom. The first-order valence-electron chi connectivity index (χ1n) is 7.02. The van der Waals surface area contributed by atoms with Crippen LogP contribution in [0.2, 0.25) is 0 Å². The lowest BCUT2D eigenvalue weighted by molar-refractivity contribution is -0.122. The first kappa shape index (κ1) is 14.9. The number of likely N-dealkylation sites (tertiary alicyclic amines) is 1. The molecule has 20 heavy (non-hydrogen) atoms. The van der Waals surface area contributed by atoms with Crippen molar-refractivity contribution >= 4 is 5.91 Å². The average Bonchev–Trinajstić information content (AvgIpc) is 2.97. The lowest BCUT2D eigenvalue weighted by Gasteiger charge is -2.23. The molecule has 0 bridgehead atoms. The van der Waals surface area contributed by atoms with Crippen LogP contribution in [0, 0.1) is 5.92 Å². The largest absolute Gasteiger partial charge is 0.387 e. The van der Waals surface area contributed by atoms with E-state index in [0.29, 0.717) is 38.5 Å². The predicted molar refractivity (Wildman–Crippen MR) is 73.9 cm³/mol. The molecule has 0 spiro atoms. The van der Waals surface area contributed by atoms with E-state index < -0.39 is 5.60 Å². The molecular formula is C13H23N5O2. The lowest BCUT2D eigenvalue weighted by Crippen LogP contribution is -2.41. The fourth-order valence-corrected chi connectivity index (χ4v) is 2.40. The third kappa shape index (κ3) is 4.28. The summed E-state index contributed by atoms with van der Waals surface area (Å²) in [4.78, 5) is 13.7. The standard InChI is InChI=1S/C13H23N5O2/c1-11(2)7-14-12(19)8-17-5-3-13(20,9-17)10-18-6-4-15-16-18/h4,6,11,20H,3,5,7-10H2,1-2H3,(H,14,19). The SMILES string of the molecule is CC(C)CNC(=O)CN1CCC(O)(Cn2ccnn2)C1. The zero-order valence-corrected chi connectivity index (χ0v) is 12.1. The van der Waals surface area contributed by atoms with Crippen molar-refractivity contribution in [2.75, 3.05) is 26.2 Å². The summed E-state index contributed by atoms with van der Waals surface area (Å²) in [5, 5.41) is 21.0. The van der Waals surface area contributed by atoms with Gasteiger partial charge in [0.25, 0.3) is 0 Å². The Kier molecular flexibility index (Phi) is 4.72. The molecule has 112 valence electrons. The number of hydrogen-bond acceptors (Lipinski definition) is 5. The molecule has 2 N–H and O–H groups in total. The quantitative estimate of drug-likeness (QED) is 0.733. The first-order valence-corrected chi connectivity index (χ1v) is 7.02. The van der Waals surface area contributed by atoms with E-state index in [-0.39, 0.29) is 5.91 Å². The van der Waals surface area contributed by atoms with Crippen molar-refractivity contribution in [2.45, 2.75) is 32.4 Å². The Labute approximate surface area is 119 Å². The van der Waals surface area contributed by atoms with Gasteiger partial charge in [-0.05, 0) is 12.3 Å². The molecule has 0 aromatic carbocycles. The number of hydrogen-bond donors (Lipinski definition) is 2. The van der Waals surface area contributed by atoms with Crippen LogP contribution in [0.4, 0.5) is 0 Å². The second-order valence-electron chi connectivity index (χ2n) is 5.98. The normalized spacial score (nSPS) is 23.4. The van der Waals surface area contributed by atoms with E-state index in [2.05, 4.69) is 29.5 Å². The molecule has 0 radical (unpaired) electrons. The Balaban J connectivity index is 1.78. The van der Waals surface area contributed by atoms with Crippen molar-refractivity contribution in [2.24, 2.45) is 5.92 Å². The molecule has 0 saturated carbocycles. The number of β-amino-alcohol motifs (C(OH)–C–C–N with tert-alkyl or cyclic N) is 1. The first-order chi connectivity index (χ1) is 9.47. The zero-order chi connectivity index (χ0) is 14.6. The number of nitrogens with zero attached hydrogens (tertiary/aromatic N) is 4. The molecule has 1 amide bonds. The van der Waals surface area contributed by atoms with Crippen LogP contribution in [0.1, 0.15) is 20.3 Å². The molecule has 1 aliphatic heterocycles. The van der Waals surface area contributed by atoms with Gasteiger partial charge in [0.2, 0.25) is 5.91 Å². The Bertz CT molecular complexity index is 434. The molecule has 2 rings (SSSR count). The molecule has 0 aliphatic carbocycles. The van der Waals surface area contributed by atoms with Gasteiger partial charge in [0, 0.05) is 25.8 Å². The lowest BCUT2D eigenvalue weighted by atomic mass is 10.0. The minimum Gasteiger partial charge on any atom is -0.387 e. The average molecular weight is 281 g/mol. The molecular weight excluding hydrogens is 258 g/mol. The summed E-state index contributed by atoms with van der Waals surface area (Å²) < 4.78 is 1.63. The maximum atomic E-state index is 11.8. The van der Waals surface area contributed by atoms with E-state index in [9.17, 15) is 9.90 Å². The van der Waals surface area contributed by atoms with Crippen molar-refractivity contribution in [1.82, 2.24) is 25.2 Å². The van der Waals surface area contributed by atoms with Crippen molar-refractivity contribution in [1.29, 1.82) is 0 Å². The van der Waals surface area contributed by atoms with Crippen LogP contribution in [0.15, 0.2) is 12.4 Å². The highest BCUT2D eigenvalue weighted by molar-refractivity contribution is 5.78. The summed E-state index contributed by atoms with van der Waals surface area (Å²) in [5.74, 6) is 0.463. The second-order valence-corrected chi connectivity index (χ2v) is 5.98. The van der Waals surface area contributed by atoms with Gasteiger partial charge in [-0.2, -0.15) is 0 Å². The number of aliphatic hydroxyl groups is 1. The minimum absolute atomic E-state index is 0.0173. The summed E-state index contributed by atoms with van der Waals surface area (Å²) in [6, 6.07) is 0. The maximum absolute atomic E-state index is 11.8. The highest BCUT2D eigenvalue weighted by atomic mass is 16.3. The zero-order valence-electron chi connectivity index (χ0n) is 12.1. The van der Waals surface area contributed by atoms with E-state index in [4.69, 9.17) is 0 Å². The Morgan fingerprint density at radius 1 is 1.55 bits per heavy atom. The molecule has 1 unspecified atom stereocenters. The van der Waals surface area contributed by atoms with Crippen molar-refractivity contribution in [3.05, 3.63) is 12.4 Å². The number of amides is 1. The maximum Gasteiger partial charge on any atom is 0.234 e. The second kappa shape index (κ2) is 6.32. The van der Waals surface area contributed by atoms with Gasteiger partial charge in [0.05, 0.1) is 24.9 Å². The molecule has 1 aromatic heterocycles. The Hall–Kier alpha value is -1.47. The van der Waals surface area contributed by atoms with E-state index >= 15 is 0 Å². The molecule has 2 heterocycles. The van der Waals surface area contributed by atoms with Gasteiger partial charge in [0.1, 0.15) is 0 Å². The monoisotopic (exact) mass is 281 g/mol. The number of rotatable bonds is 6. The number of nitrogens with one attached hydrogen (secondary N) is 1. The van der Waals surface area contributed by atoms with Gasteiger partial charge in [0.15, 0.2) is 0 Å². The number of carbonyl (C=O) groups excluding carboxylic acids is 1. The van der Waals surface area contributed by atoms with Gasteiger partial charge >= 0.3 is 0 Å². The van der Waals surface area contributed by atoms with Gasteiger partial charge in [-0.25, -0.2) is 4.68 Å². The molecule has 1 aromatic rings. The van der Waals surface area contributed by atoms with Gasteiger partial charge in [-0.3, -0.25) is 9.69 Å². The van der Waals surface area contributed by atoms with Crippen LogP contribution >= 0.6 is 0 Å². The molecule has 7 nitrogen and oxygen atoms in total. The smallest absolute Gasteiger partial charge is 0.234 e. The third-order valence-electron chi connectivity index (χ3n) is 3.41. The number of carbonyl (C=O) groups is 1. The molecule has 1 fully saturated rings. The summed E-state index contributed by atoms with van der Waals surface area (Å²) in [7, 11) is 0. The van der Waals surface area contributed by atoms with E-state index in [1.54, 1.807) is 17.1 Å². The molecule has 1 saturated heterocycles. The van der Waals surface area contributed by atoms with E-state index in [1.807, 2.05) is 4.90 Å². The van der Waals surface area contributed by atoms with Crippen LogP contribution in [0.5, 0.6) is 0 Å². The van der Waals surface area contributed by atoms with Crippen molar-refractivity contribution in [3.8, 4) is 0 Å². The van der Waals surface area contributed by atoms with Gasteiger partial charge < -0.3 is 10.4 Å². The minimum atomic E-state index is -0.827. The Morgan fingerprint density at radius 3 is 3.00 bits per heavy atom. The van der Waals surface area contributed by atoms with Crippen LogP contribution in [0.3, 0.4) is 0 Å². The predicted octanol–water partition coefficient (Wildman–Crippen LogP) is -0.513. The summed E-state index contributed by atoms with van der Waals surface area (Å²) >= 11 is 0. The highest BCUT2D eigenvalue weighted by Gasteiger charge is 2.37. The van der Waals surface area contributed by atoms with E-state index in [1.165, 1.54) is 0 Å². The molecule has 1 atom stereocenters. The van der Waals surface area contributed by atoms with Crippen LogP contribution < -0.4 is 5.32 Å². The molecule has 7 heteroatoms. The van der Waals surface area contributed by atoms with Gasteiger partial charge in [-0.1, -0.05) is 19.1 Å². The van der Waals surface area contributed by atoms with E-state index in [0.717, 1.165) is 6.54 Å². The van der Waals surface area contributed by atoms with Crippen molar-refractivity contribution < 1.29 is 9.90 Å². The highest BCUT2D eigenvalue weighted by Crippen LogP contribution is 2.22. The fraction of sp³-hybridized carbons (Fsp3) is 0.769.